The molecule has 3 heteroatoms. The number of rotatable bonds is 2. The van der Waals surface area contributed by atoms with E-state index in [-0.39, 0.29) is 5.78 Å². The first-order valence-corrected chi connectivity index (χ1v) is 2.93. The van der Waals surface area contributed by atoms with Crippen molar-refractivity contribution in [3.63, 3.8) is 0 Å². The summed E-state index contributed by atoms with van der Waals surface area (Å²) < 4.78 is 4.79. The Morgan fingerprint density at radius 1 is 1.80 bits per heavy atom. The monoisotopic (exact) mass is 140 g/mol. The van der Waals surface area contributed by atoms with E-state index in [4.69, 9.17) is 9.52 Å². The fourth-order valence-corrected chi connectivity index (χ4v) is 0.647. The van der Waals surface area contributed by atoms with Crippen molar-refractivity contribution in [3.05, 3.63) is 24.2 Å². The van der Waals surface area contributed by atoms with Crippen molar-refractivity contribution in [1.82, 2.24) is 0 Å². The summed E-state index contributed by atoms with van der Waals surface area (Å²) in [4.78, 5) is 10.5. The van der Waals surface area contributed by atoms with Gasteiger partial charge >= 0.3 is 0 Å². The Morgan fingerprint density at radius 2 is 2.50 bits per heavy atom. The van der Waals surface area contributed by atoms with E-state index in [1.807, 2.05) is 0 Å². The largest absolute Gasteiger partial charge is 0.466 e. The van der Waals surface area contributed by atoms with E-state index in [0.29, 0.717) is 5.76 Å². The summed E-state index contributed by atoms with van der Waals surface area (Å²) in [5, 5.41) is 9.04. The zero-order valence-electron chi connectivity index (χ0n) is 5.57. The van der Waals surface area contributed by atoms with Crippen molar-refractivity contribution < 1.29 is 14.3 Å². The van der Waals surface area contributed by atoms with Crippen molar-refractivity contribution in [1.29, 1.82) is 0 Å². The van der Waals surface area contributed by atoms with Gasteiger partial charge < -0.3 is 9.52 Å². The molecule has 0 aromatic carbocycles. The second kappa shape index (κ2) is 2.66. The Bertz CT molecular complexity index is 213. The quantitative estimate of drug-likeness (QED) is 0.664. The molecule has 1 atom stereocenters. The second-order valence-corrected chi connectivity index (χ2v) is 2.03. The molecule has 0 bridgehead atoms. The van der Waals surface area contributed by atoms with Crippen LogP contribution in [0.5, 0.6) is 0 Å². The predicted octanol–water partition coefficient (Wildman–Crippen LogP) is 0.902. The molecule has 0 fully saturated rings. The summed E-state index contributed by atoms with van der Waals surface area (Å²) >= 11 is 0. The molecule has 1 aromatic rings. The minimum absolute atomic E-state index is 0.299. The molecule has 0 saturated heterocycles. The van der Waals surface area contributed by atoms with Gasteiger partial charge in [0.15, 0.2) is 11.9 Å². The molecule has 0 spiro atoms. The number of hydrogen-bond acceptors (Lipinski definition) is 3. The minimum atomic E-state index is -1.10. The van der Waals surface area contributed by atoms with Gasteiger partial charge in [-0.05, 0) is 19.1 Å². The number of aliphatic hydroxyl groups excluding tert-OH is 1. The van der Waals surface area contributed by atoms with Crippen LogP contribution in [0.25, 0.3) is 0 Å². The summed E-state index contributed by atoms with van der Waals surface area (Å²) in [5.41, 5.74) is 0. The number of aliphatic hydroxyl groups is 1. The third kappa shape index (κ3) is 1.25. The number of furan rings is 1. The molecule has 1 heterocycles. The van der Waals surface area contributed by atoms with Crippen molar-refractivity contribution in [2.45, 2.75) is 13.0 Å². The van der Waals surface area contributed by atoms with E-state index >= 15 is 0 Å². The van der Waals surface area contributed by atoms with Crippen LogP contribution in [-0.2, 0) is 4.79 Å². The zero-order valence-corrected chi connectivity index (χ0v) is 5.57. The Kier molecular flexibility index (Phi) is 1.87. The maximum Gasteiger partial charge on any atom is 0.169 e. The van der Waals surface area contributed by atoms with Gasteiger partial charge in [-0.3, -0.25) is 4.79 Å². The zero-order chi connectivity index (χ0) is 7.56. The van der Waals surface area contributed by atoms with Gasteiger partial charge in [-0.1, -0.05) is 0 Å². The van der Waals surface area contributed by atoms with Crippen molar-refractivity contribution in [2.75, 3.05) is 0 Å². The normalized spacial score (nSPS) is 13.0. The third-order valence-electron chi connectivity index (χ3n) is 1.20. The number of hydrogen-bond donors (Lipinski definition) is 1. The highest BCUT2D eigenvalue weighted by molar-refractivity contribution is 5.80. The fourth-order valence-electron chi connectivity index (χ4n) is 0.647. The van der Waals surface area contributed by atoms with Gasteiger partial charge in [0, 0.05) is 0 Å². The average molecular weight is 140 g/mol. The third-order valence-corrected chi connectivity index (χ3v) is 1.20. The van der Waals surface area contributed by atoms with Gasteiger partial charge in [-0.2, -0.15) is 0 Å². The van der Waals surface area contributed by atoms with Crippen LogP contribution in [0.1, 0.15) is 18.8 Å². The lowest BCUT2D eigenvalue weighted by Crippen LogP contribution is -2.05. The van der Waals surface area contributed by atoms with Crippen molar-refractivity contribution >= 4 is 5.78 Å². The molecule has 0 aliphatic heterocycles. The number of carbonyl (C=O) groups excluding carboxylic acids is 1. The number of carbonyl (C=O) groups is 1. The molecule has 0 amide bonds. The molecular formula is C7H8O3. The highest BCUT2D eigenvalue weighted by Gasteiger charge is 2.14. The highest BCUT2D eigenvalue weighted by Crippen LogP contribution is 2.12. The van der Waals surface area contributed by atoms with Crippen LogP contribution in [0.4, 0.5) is 0 Å². The van der Waals surface area contributed by atoms with Gasteiger partial charge in [0.1, 0.15) is 5.76 Å². The molecule has 0 aliphatic rings. The van der Waals surface area contributed by atoms with E-state index in [1.54, 1.807) is 12.1 Å². The average Bonchev–Trinajstić information content (AvgIpc) is 2.36. The maximum absolute atomic E-state index is 10.5. The van der Waals surface area contributed by atoms with Gasteiger partial charge in [0.2, 0.25) is 0 Å². The second-order valence-electron chi connectivity index (χ2n) is 2.03. The topological polar surface area (TPSA) is 50.4 Å². The van der Waals surface area contributed by atoms with Crippen LogP contribution in [0, 0.1) is 0 Å². The van der Waals surface area contributed by atoms with Crippen LogP contribution in [-0.4, -0.2) is 10.9 Å². The highest BCUT2D eigenvalue weighted by atomic mass is 16.4. The van der Waals surface area contributed by atoms with E-state index in [2.05, 4.69) is 0 Å². The Labute approximate surface area is 58.3 Å². The molecular weight excluding hydrogens is 132 g/mol. The standard InChI is InChI=1S/C7H8O3/c1-5(8)7(9)6-3-2-4-10-6/h2-4,7,9H,1H3/t7-/m0/s1. The van der Waals surface area contributed by atoms with Crippen LogP contribution in [0.3, 0.4) is 0 Å². The lowest BCUT2D eigenvalue weighted by atomic mass is 10.2. The molecule has 10 heavy (non-hydrogen) atoms. The molecule has 0 aliphatic carbocycles. The molecule has 0 unspecified atom stereocenters. The fraction of sp³-hybridized carbons (Fsp3) is 0.286. The van der Waals surface area contributed by atoms with Crippen molar-refractivity contribution in [2.24, 2.45) is 0 Å². The molecule has 0 saturated carbocycles. The molecule has 1 rings (SSSR count). The first-order chi connectivity index (χ1) is 4.72. The van der Waals surface area contributed by atoms with Gasteiger partial charge in [-0.15, -0.1) is 0 Å². The summed E-state index contributed by atoms with van der Waals surface area (Å²) in [6, 6.07) is 3.19. The first-order valence-electron chi connectivity index (χ1n) is 2.93. The SMILES string of the molecule is CC(=O)[C@H](O)c1ccco1. The van der Waals surface area contributed by atoms with E-state index in [9.17, 15) is 4.79 Å². The van der Waals surface area contributed by atoms with Gasteiger partial charge in [0.05, 0.1) is 6.26 Å². The number of Topliss-reactive ketones (excluding diaryl/α,β-unsaturated/α-hetero) is 1. The van der Waals surface area contributed by atoms with E-state index in [1.165, 1.54) is 13.2 Å². The smallest absolute Gasteiger partial charge is 0.169 e. The lowest BCUT2D eigenvalue weighted by Gasteiger charge is -1.99. The number of ketones is 1. The minimum Gasteiger partial charge on any atom is -0.466 e. The molecule has 1 aromatic heterocycles. The van der Waals surface area contributed by atoms with E-state index in [0.717, 1.165) is 0 Å². The summed E-state index contributed by atoms with van der Waals surface area (Å²) in [6.45, 7) is 1.31. The molecule has 3 nitrogen and oxygen atoms in total. The molecule has 0 radical (unpaired) electrons. The van der Waals surface area contributed by atoms with Gasteiger partial charge in [0.25, 0.3) is 0 Å². The van der Waals surface area contributed by atoms with Crippen LogP contribution < -0.4 is 0 Å². The van der Waals surface area contributed by atoms with Gasteiger partial charge in [-0.25, -0.2) is 0 Å². The predicted molar refractivity (Wildman–Crippen MR) is 34.3 cm³/mol. The lowest BCUT2D eigenvalue weighted by molar-refractivity contribution is -0.125. The molecule has 1 N–H and O–H groups in total. The van der Waals surface area contributed by atoms with E-state index < -0.39 is 6.10 Å². The summed E-state index contributed by atoms with van der Waals surface area (Å²) in [7, 11) is 0. The summed E-state index contributed by atoms with van der Waals surface area (Å²) in [5.74, 6) is -0.0116. The molecule has 54 valence electrons. The van der Waals surface area contributed by atoms with Crippen LogP contribution >= 0.6 is 0 Å². The Morgan fingerprint density at radius 3 is 2.90 bits per heavy atom. The first kappa shape index (κ1) is 7.02. The Balaban J connectivity index is 2.77. The van der Waals surface area contributed by atoms with Crippen molar-refractivity contribution in [3.8, 4) is 0 Å². The Hall–Kier alpha value is -1.09. The van der Waals surface area contributed by atoms with Crippen LogP contribution in [0.2, 0.25) is 0 Å². The van der Waals surface area contributed by atoms with Crippen LogP contribution in [0.15, 0.2) is 22.8 Å². The maximum atomic E-state index is 10.5. The summed E-state index contributed by atoms with van der Waals surface area (Å²) in [6.07, 6.45) is 0.316.